The Morgan fingerprint density at radius 1 is 1.15 bits per heavy atom. The summed E-state index contributed by atoms with van der Waals surface area (Å²) < 4.78 is 6.66. The van der Waals surface area contributed by atoms with E-state index in [2.05, 4.69) is 73.0 Å². The SMILES string of the molecule is CN(CCC#N)c1c(O[C@H]2CC[C@H](N(C)C)CC2)ccc2c1CC(C)(C)c1c(N)ncnc1-2. The number of ether oxygens (including phenoxy) is 1. The van der Waals surface area contributed by atoms with Gasteiger partial charge in [-0.05, 0) is 69.3 Å². The van der Waals surface area contributed by atoms with Gasteiger partial charge in [-0.15, -0.1) is 0 Å². The van der Waals surface area contributed by atoms with Crippen molar-refractivity contribution in [1.82, 2.24) is 14.9 Å². The number of anilines is 2. The summed E-state index contributed by atoms with van der Waals surface area (Å²) in [6, 6.07) is 7.11. The maximum Gasteiger partial charge on any atom is 0.143 e. The second-order valence-electron chi connectivity index (χ2n) is 10.3. The summed E-state index contributed by atoms with van der Waals surface area (Å²) in [7, 11) is 6.38. The molecule has 2 aliphatic carbocycles. The van der Waals surface area contributed by atoms with Gasteiger partial charge in [0.2, 0.25) is 0 Å². The van der Waals surface area contributed by atoms with E-state index in [4.69, 9.17) is 10.5 Å². The van der Waals surface area contributed by atoms with Crippen molar-refractivity contribution in [2.45, 2.75) is 69.9 Å². The Labute approximate surface area is 197 Å². The highest BCUT2D eigenvalue weighted by atomic mass is 16.5. The normalized spacial score (nSPS) is 21.1. The van der Waals surface area contributed by atoms with Crippen molar-refractivity contribution in [3.63, 3.8) is 0 Å². The molecule has 176 valence electrons. The van der Waals surface area contributed by atoms with E-state index in [-0.39, 0.29) is 11.5 Å². The van der Waals surface area contributed by atoms with Crippen LogP contribution in [0.15, 0.2) is 18.5 Å². The van der Waals surface area contributed by atoms with Gasteiger partial charge in [0.25, 0.3) is 0 Å². The smallest absolute Gasteiger partial charge is 0.143 e. The molecule has 0 unspecified atom stereocenters. The van der Waals surface area contributed by atoms with Crippen LogP contribution in [-0.4, -0.2) is 54.7 Å². The van der Waals surface area contributed by atoms with Gasteiger partial charge in [0, 0.05) is 30.8 Å². The van der Waals surface area contributed by atoms with Crippen LogP contribution >= 0.6 is 0 Å². The van der Waals surface area contributed by atoms with E-state index < -0.39 is 0 Å². The number of benzene rings is 1. The van der Waals surface area contributed by atoms with E-state index in [9.17, 15) is 5.26 Å². The molecule has 1 heterocycles. The van der Waals surface area contributed by atoms with Crippen LogP contribution in [0.5, 0.6) is 5.75 Å². The lowest BCUT2D eigenvalue weighted by Crippen LogP contribution is -2.36. The van der Waals surface area contributed by atoms with Crippen LogP contribution in [0.4, 0.5) is 11.5 Å². The van der Waals surface area contributed by atoms with Crippen molar-refractivity contribution in [1.29, 1.82) is 5.26 Å². The monoisotopic (exact) mass is 448 g/mol. The van der Waals surface area contributed by atoms with Crippen LogP contribution in [0.3, 0.4) is 0 Å². The Morgan fingerprint density at radius 2 is 1.88 bits per heavy atom. The fourth-order valence-electron chi connectivity index (χ4n) is 5.52. The third kappa shape index (κ3) is 4.49. The summed E-state index contributed by atoms with van der Waals surface area (Å²) in [5, 5.41) is 9.20. The Kier molecular flexibility index (Phi) is 6.49. The maximum atomic E-state index is 9.20. The van der Waals surface area contributed by atoms with Crippen molar-refractivity contribution >= 4 is 11.5 Å². The summed E-state index contributed by atoms with van der Waals surface area (Å²) in [6.45, 7) is 5.04. The third-order valence-electron chi connectivity index (χ3n) is 7.28. The van der Waals surface area contributed by atoms with Crippen molar-refractivity contribution < 1.29 is 4.74 Å². The molecule has 2 aliphatic rings. The Hall–Kier alpha value is -2.85. The first-order valence-corrected chi connectivity index (χ1v) is 11.9. The molecular formula is C26H36N6O. The fraction of sp³-hybridized carbons (Fsp3) is 0.577. The van der Waals surface area contributed by atoms with Gasteiger partial charge >= 0.3 is 0 Å². The molecule has 0 radical (unpaired) electrons. The molecule has 1 fully saturated rings. The van der Waals surface area contributed by atoms with E-state index >= 15 is 0 Å². The Morgan fingerprint density at radius 3 is 2.55 bits per heavy atom. The molecule has 0 aliphatic heterocycles. The number of nitrogens with two attached hydrogens (primary N) is 1. The minimum atomic E-state index is -0.207. The average Bonchev–Trinajstić information content (AvgIpc) is 2.77. The largest absolute Gasteiger partial charge is 0.488 e. The van der Waals surface area contributed by atoms with Gasteiger partial charge in [0.15, 0.2) is 0 Å². The van der Waals surface area contributed by atoms with Gasteiger partial charge in [-0.3, -0.25) is 0 Å². The number of rotatable bonds is 6. The van der Waals surface area contributed by atoms with Crippen LogP contribution in [0.1, 0.15) is 57.1 Å². The van der Waals surface area contributed by atoms with Gasteiger partial charge in [-0.25, -0.2) is 9.97 Å². The van der Waals surface area contributed by atoms with E-state index in [1.54, 1.807) is 6.33 Å². The predicted octanol–water partition coefficient (Wildman–Crippen LogP) is 4.16. The molecule has 0 spiro atoms. The lowest BCUT2D eigenvalue weighted by Gasteiger charge is -2.38. The van der Waals surface area contributed by atoms with E-state index in [1.807, 2.05) is 0 Å². The van der Waals surface area contributed by atoms with Gasteiger partial charge in [0.1, 0.15) is 17.9 Å². The molecule has 33 heavy (non-hydrogen) atoms. The molecule has 2 N–H and O–H groups in total. The molecule has 2 aromatic rings. The van der Waals surface area contributed by atoms with Crippen LogP contribution in [0.25, 0.3) is 11.3 Å². The zero-order valence-corrected chi connectivity index (χ0v) is 20.6. The fourth-order valence-corrected chi connectivity index (χ4v) is 5.52. The Bertz CT molecular complexity index is 1050. The highest BCUT2D eigenvalue weighted by Gasteiger charge is 2.37. The zero-order chi connectivity index (χ0) is 23.8. The van der Waals surface area contributed by atoms with Crippen LogP contribution in [0.2, 0.25) is 0 Å². The summed E-state index contributed by atoms with van der Waals surface area (Å²) in [5.74, 6) is 1.46. The molecular weight excluding hydrogens is 412 g/mol. The molecule has 1 aromatic heterocycles. The molecule has 7 heteroatoms. The second-order valence-corrected chi connectivity index (χ2v) is 10.3. The summed E-state index contributed by atoms with van der Waals surface area (Å²) in [5.41, 5.74) is 11.4. The number of hydrogen-bond donors (Lipinski definition) is 1. The molecule has 7 nitrogen and oxygen atoms in total. The summed E-state index contributed by atoms with van der Waals surface area (Å²) >= 11 is 0. The minimum absolute atomic E-state index is 0.207. The molecule has 0 atom stereocenters. The highest BCUT2D eigenvalue weighted by molar-refractivity contribution is 5.83. The standard InChI is InChI=1S/C26H36N6O/c1-26(2)15-20-19(23-22(26)25(28)30-16-29-23)11-12-21(24(20)32(5)14-6-13-27)33-18-9-7-17(8-10-18)31(3)4/h11-12,16-18H,6-10,14-15H2,1-5H3,(H2,28,29,30)/t17-,18-. The first-order chi connectivity index (χ1) is 15.7. The average molecular weight is 449 g/mol. The summed E-state index contributed by atoms with van der Waals surface area (Å²) in [6.07, 6.45) is 7.44. The Balaban J connectivity index is 1.75. The van der Waals surface area contributed by atoms with Gasteiger partial charge in [-0.2, -0.15) is 5.26 Å². The first kappa shape index (κ1) is 23.3. The second kappa shape index (κ2) is 9.18. The van der Waals surface area contributed by atoms with E-state index in [0.29, 0.717) is 24.8 Å². The van der Waals surface area contributed by atoms with Crippen LogP contribution < -0.4 is 15.4 Å². The molecule has 4 rings (SSSR count). The number of nitrogens with zero attached hydrogens (tertiary/aromatic N) is 5. The molecule has 0 saturated heterocycles. The highest BCUT2D eigenvalue weighted by Crippen LogP contribution is 2.49. The number of nitriles is 1. The van der Waals surface area contributed by atoms with Crippen LogP contribution in [-0.2, 0) is 11.8 Å². The number of aromatic nitrogens is 2. The lowest BCUT2D eigenvalue weighted by molar-refractivity contribution is 0.111. The van der Waals surface area contributed by atoms with Crippen molar-refractivity contribution in [2.24, 2.45) is 0 Å². The van der Waals surface area contributed by atoms with E-state index in [0.717, 1.165) is 60.4 Å². The molecule has 0 bridgehead atoms. The third-order valence-corrected chi connectivity index (χ3v) is 7.28. The lowest BCUT2D eigenvalue weighted by atomic mass is 9.71. The number of fused-ring (bicyclic) bond motifs is 3. The zero-order valence-electron chi connectivity index (χ0n) is 20.6. The van der Waals surface area contributed by atoms with Crippen molar-refractivity contribution in [3.8, 4) is 23.1 Å². The first-order valence-electron chi connectivity index (χ1n) is 11.9. The predicted molar refractivity (Wildman–Crippen MR) is 132 cm³/mol. The number of nitrogen functional groups attached to an aromatic ring is 1. The van der Waals surface area contributed by atoms with Crippen LogP contribution in [0, 0.1) is 11.3 Å². The van der Waals surface area contributed by atoms with Crippen molar-refractivity contribution in [3.05, 3.63) is 29.6 Å². The van der Waals surface area contributed by atoms with E-state index in [1.165, 1.54) is 5.56 Å². The van der Waals surface area contributed by atoms with Crippen molar-refractivity contribution in [2.75, 3.05) is 38.3 Å². The summed E-state index contributed by atoms with van der Waals surface area (Å²) in [4.78, 5) is 13.4. The quantitative estimate of drug-likeness (QED) is 0.709. The molecule has 1 aromatic carbocycles. The number of hydrogen-bond acceptors (Lipinski definition) is 7. The maximum absolute atomic E-state index is 9.20. The molecule has 1 saturated carbocycles. The van der Waals surface area contributed by atoms with Gasteiger partial charge < -0.3 is 20.3 Å². The van der Waals surface area contributed by atoms with Gasteiger partial charge in [0.05, 0.1) is 30.0 Å². The van der Waals surface area contributed by atoms with Gasteiger partial charge in [-0.1, -0.05) is 13.8 Å². The topological polar surface area (TPSA) is 91.3 Å². The minimum Gasteiger partial charge on any atom is -0.488 e. The molecule has 0 amide bonds.